The van der Waals surface area contributed by atoms with E-state index in [1.807, 2.05) is 18.2 Å². The van der Waals surface area contributed by atoms with Gasteiger partial charge in [-0.15, -0.1) is 0 Å². The fourth-order valence-corrected chi connectivity index (χ4v) is 3.10. The maximum atomic E-state index is 6.21. The van der Waals surface area contributed by atoms with Gasteiger partial charge in [0, 0.05) is 16.6 Å². The van der Waals surface area contributed by atoms with Crippen LogP contribution in [0.15, 0.2) is 23.2 Å². The highest BCUT2D eigenvalue weighted by atomic mass is 35.5. The fraction of sp³-hybridized carbons (Fsp3) is 0.500. The molecule has 1 atom stereocenters. The second-order valence-electron chi connectivity index (χ2n) is 5.12. The third-order valence-electron chi connectivity index (χ3n) is 3.74. The topological polar surface area (TPSA) is 59.6 Å². The van der Waals surface area contributed by atoms with E-state index >= 15 is 0 Å². The van der Waals surface area contributed by atoms with Crippen molar-refractivity contribution in [3.05, 3.63) is 28.8 Å². The van der Waals surface area contributed by atoms with Crippen LogP contribution < -0.4 is 15.8 Å². The molecule has 102 valence electrons. The van der Waals surface area contributed by atoms with Gasteiger partial charge < -0.3 is 15.8 Å². The summed E-state index contributed by atoms with van der Waals surface area (Å²) < 4.78 is 5.59. The molecule has 0 radical (unpaired) electrons. The quantitative estimate of drug-likeness (QED) is 0.646. The number of nitrogens with zero attached hydrogens (tertiary/aromatic N) is 1. The van der Waals surface area contributed by atoms with Crippen molar-refractivity contribution < 1.29 is 4.74 Å². The zero-order chi connectivity index (χ0) is 13.2. The summed E-state index contributed by atoms with van der Waals surface area (Å²) in [5, 5.41) is 3.98. The fourth-order valence-electron chi connectivity index (χ4n) is 2.80. The van der Waals surface area contributed by atoms with Crippen molar-refractivity contribution in [3.63, 3.8) is 0 Å². The number of fused-ring (bicyclic) bond motifs is 1. The Morgan fingerprint density at radius 3 is 2.95 bits per heavy atom. The molecule has 0 amide bonds. The Balaban J connectivity index is 1.74. The van der Waals surface area contributed by atoms with Gasteiger partial charge >= 0.3 is 0 Å². The number of nitrogens with one attached hydrogen (secondary N) is 1. The standard InChI is InChI=1S/C14H18ClN3O/c15-10-6-3-7-12-13(10)11(8-19-12)18-14(16)17-9-4-1-2-5-9/h3,6-7,9,11H,1-2,4-5,8H2,(H3,16,17,18). The van der Waals surface area contributed by atoms with Gasteiger partial charge in [0.25, 0.3) is 0 Å². The highest BCUT2D eigenvalue weighted by Crippen LogP contribution is 2.39. The van der Waals surface area contributed by atoms with Crippen LogP contribution in [0.1, 0.15) is 37.3 Å². The summed E-state index contributed by atoms with van der Waals surface area (Å²) in [7, 11) is 0. The summed E-state index contributed by atoms with van der Waals surface area (Å²) in [5.74, 6) is 1.31. The SMILES string of the molecule is NC(=NC1COc2cccc(Cl)c21)NC1CCCC1. The van der Waals surface area contributed by atoms with E-state index < -0.39 is 0 Å². The van der Waals surface area contributed by atoms with E-state index in [1.165, 1.54) is 25.7 Å². The van der Waals surface area contributed by atoms with Crippen LogP contribution in [-0.2, 0) is 0 Å². The molecule has 1 heterocycles. The van der Waals surface area contributed by atoms with E-state index in [1.54, 1.807) is 0 Å². The average Bonchev–Trinajstić information content (AvgIpc) is 3.00. The number of guanidine groups is 1. The second kappa shape index (κ2) is 5.29. The van der Waals surface area contributed by atoms with Crippen LogP contribution in [0.25, 0.3) is 0 Å². The summed E-state index contributed by atoms with van der Waals surface area (Å²) in [6.07, 6.45) is 4.89. The van der Waals surface area contributed by atoms with Crippen LogP contribution in [-0.4, -0.2) is 18.6 Å². The van der Waals surface area contributed by atoms with Crippen molar-refractivity contribution in [1.82, 2.24) is 5.32 Å². The van der Waals surface area contributed by atoms with Gasteiger partial charge in [-0.3, -0.25) is 0 Å². The molecule has 2 aliphatic rings. The normalized spacial score (nSPS) is 23.2. The largest absolute Gasteiger partial charge is 0.491 e. The van der Waals surface area contributed by atoms with E-state index in [2.05, 4.69) is 10.3 Å². The summed E-state index contributed by atoms with van der Waals surface area (Å²) in [4.78, 5) is 4.52. The van der Waals surface area contributed by atoms with Crippen molar-refractivity contribution in [2.24, 2.45) is 10.7 Å². The first-order valence-corrected chi connectivity index (χ1v) is 7.13. The van der Waals surface area contributed by atoms with Crippen LogP contribution in [0.4, 0.5) is 0 Å². The molecule has 0 saturated heterocycles. The van der Waals surface area contributed by atoms with Crippen LogP contribution in [0.3, 0.4) is 0 Å². The van der Waals surface area contributed by atoms with E-state index in [0.29, 0.717) is 23.6 Å². The number of rotatable bonds is 2. The lowest BCUT2D eigenvalue weighted by atomic mass is 10.1. The molecule has 1 aromatic carbocycles. The number of aliphatic imine (C=N–C) groups is 1. The maximum absolute atomic E-state index is 6.21. The molecular formula is C14H18ClN3O. The van der Waals surface area contributed by atoms with Gasteiger partial charge in [-0.1, -0.05) is 30.5 Å². The molecular weight excluding hydrogens is 262 g/mol. The number of benzene rings is 1. The molecule has 3 N–H and O–H groups in total. The lowest BCUT2D eigenvalue weighted by molar-refractivity contribution is 0.333. The van der Waals surface area contributed by atoms with Crippen molar-refractivity contribution in [2.45, 2.75) is 37.8 Å². The molecule has 0 bridgehead atoms. The summed E-state index contributed by atoms with van der Waals surface area (Å²) in [5.41, 5.74) is 6.93. The van der Waals surface area contributed by atoms with Crippen LogP contribution in [0.2, 0.25) is 5.02 Å². The first-order valence-electron chi connectivity index (χ1n) is 6.75. The Hall–Kier alpha value is -1.42. The van der Waals surface area contributed by atoms with Gasteiger partial charge in [0.05, 0.1) is 0 Å². The van der Waals surface area contributed by atoms with Gasteiger partial charge in [-0.2, -0.15) is 0 Å². The van der Waals surface area contributed by atoms with Crippen LogP contribution >= 0.6 is 11.6 Å². The lowest BCUT2D eigenvalue weighted by Crippen LogP contribution is -2.38. The molecule has 19 heavy (non-hydrogen) atoms. The first kappa shape index (κ1) is 12.6. The van der Waals surface area contributed by atoms with E-state index in [4.69, 9.17) is 22.1 Å². The van der Waals surface area contributed by atoms with Gasteiger partial charge in [0.1, 0.15) is 18.4 Å². The summed E-state index contributed by atoms with van der Waals surface area (Å²) in [6, 6.07) is 6.03. The third-order valence-corrected chi connectivity index (χ3v) is 4.07. The predicted octanol–water partition coefficient (Wildman–Crippen LogP) is 2.62. The Morgan fingerprint density at radius 2 is 2.16 bits per heavy atom. The molecule has 1 fully saturated rings. The molecule has 0 aromatic heterocycles. The Bertz CT molecular complexity index is 497. The molecule has 0 spiro atoms. The average molecular weight is 280 g/mol. The number of hydrogen-bond acceptors (Lipinski definition) is 2. The monoisotopic (exact) mass is 279 g/mol. The smallest absolute Gasteiger partial charge is 0.189 e. The lowest BCUT2D eigenvalue weighted by Gasteiger charge is -2.14. The minimum absolute atomic E-state index is 0.0994. The van der Waals surface area contributed by atoms with E-state index in [9.17, 15) is 0 Å². The van der Waals surface area contributed by atoms with Crippen molar-refractivity contribution in [3.8, 4) is 5.75 Å². The van der Waals surface area contributed by atoms with Gasteiger partial charge in [0.15, 0.2) is 5.96 Å². The van der Waals surface area contributed by atoms with Crippen molar-refractivity contribution in [2.75, 3.05) is 6.61 Å². The van der Waals surface area contributed by atoms with Gasteiger partial charge in [-0.05, 0) is 25.0 Å². The minimum Gasteiger partial charge on any atom is -0.491 e. The molecule has 4 nitrogen and oxygen atoms in total. The zero-order valence-corrected chi connectivity index (χ0v) is 11.5. The minimum atomic E-state index is -0.0994. The number of halogens is 1. The second-order valence-corrected chi connectivity index (χ2v) is 5.53. The number of nitrogens with two attached hydrogens (primary N) is 1. The number of ether oxygens (including phenoxy) is 1. The van der Waals surface area contributed by atoms with Crippen LogP contribution in [0.5, 0.6) is 5.75 Å². The van der Waals surface area contributed by atoms with Crippen molar-refractivity contribution in [1.29, 1.82) is 0 Å². The zero-order valence-electron chi connectivity index (χ0n) is 10.7. The highest BCUT2D eigenvalue weighted by molar-refractivity contribution is 6.31. The number of hydrogen-bond donors (Lipinski definition) is 2. The first-order chi connectivity index (χ1) is 9.24. The van der Waals surface area contributed by atoms with E-state index in [0.717, 1.165) is 11.3 Å². The van der Waals surface area contributed by atoms with Gasteiger partial charge in [-0.25, -0.2) is 4.99 Å². The van der Waals surface area contributed by atoms with E-state index in [-0.39, 0.29) is 6.04 Å². The molecule has 5 heteroatoms. The Morgan fingerprint density at radius 1 is 1.37 bits per heavy atom. The molecule has 1 aliphatic carbocycles. The molecule has 1 unspecified atom stereocenters. The van der Waals surface area contributed by atoms with Crippen molar-refractivity contribution >= 4 is 17.6 Å². The summed E-state index contributed by atoms with van der Waals surface area (Å²) >= 11 is 6.21. The predicted molar refractivity (Wildman–Crippen MR) is 76.7 cm³/mol. The molecule has 1 aromatic rings. The summed E-state index contributed by atoms with van der Waals surface area (Å²) in [6.45, 7) is 0.506. The highest BCUT2D eigenvalue weighted by Gasteiger charge is 2.26. The van der Waals surface area contributed by atoms with Crippen LogP contribution in [0, 0.1) is 0 Å². The van der Waals surface area contributed by atoms with Gasteiger partial charge in [0.2, 0.25) is 0 Å². The maximum Gasteiger partial charge on any atom is 0.189 e. The molecule has 1 aliphatic heterocycles. The Labute approximate surface area is 118 Å². The molecule has 3 rings (SSSR count). The molecule has 1 saturated carbocycles. The third kappa shape index (κ3) is 2.63. The Kier molecular flexibility index (Phi) is 3.51.